The van der Waals surface area contributed by atoms with E-state index in [0.717, 1.165) is 67.9 Å². The number of carbonyl (C=O) groups is 1. The Bertz CT molecular complexity index is 723. The molecule has 0 saturated heterocycles. The number of aryl methyl sites for hydroxylation is 1. The van der Waals surface area contributed by atoms with Crippen LogP contribution in [0.1, 0.15) is 82.6 Å². The van der Waals surface area contributed by atoms with E-state index in [2.05, 4.69) is 64.8 Å². The van der Waals surface area contributed by atoms with Gasteiger partial charge in [0, 0.05) is 18.5 Å². The summed E-state index contributed by atoms with van der Waals surface area (Å²) in [5.74, 6) is 1.69. The maximum Gasteiger partial charge on any atom is 0.314 e. The van der Waals surface area contributed by atoms with E-state index in [-0.39, 0.29) is 17.3 Å². The van der Waals surface area contributed by atoms with Gasteiger partial charge >= 0.3 is 5.97 Å². The summed E-state index contributed by atoms with van der Waals surface area (Å²) in [6.07, 6.45) is 4.52. The summed E-state index contributed by atoms with van der Waals surface area (Å²) < 4.78 is 6.13. The van der Waals surface area contributed by atoms with Gasteiger partial charge in [-0.25, -0.2) is 0 Å². The van der Waals surface area contributed by atoms with Crippen LogP contribution in [0.15, 0.2) is 11.1 Å². The lowest BCUT2D eigenvalue weighted by molar-refractivity contribution is -0.139. The number of benzene rings is 1. The predicted molar refractivity (Wildman–Crippen MR) is 118 cm³/mol. The van der Waals surface area contributed by atoms with Gasteiger partial charge in [0.2, 0.25) is 0 Å². The second-order valence-electron chi connectivity index (χ2n) is 9.05. The average molecular weight is 387 g/mol. The molecule has 1 aromatic carbocycles. The summed E-state index contributed by atoms with van der Waals surface area (Å²) in [7, 11) is 0. The van der Waals surface area contributed by atoms with Crippen LogP contribution in [0.3, 0.4) is 0 Å². The second kappa shape index (κ2) is 9.58. The SMILES string of the molecule is CCCC(CCC)C(=O)Oc1c(C(C)(C)C)cc(C)c(CC2=NCCN2)c1C. The van der Waals surface area contributed by atoms with Crippen LogP contribution in [0.5, 0.6) is 5.75 Å². The van der Waals surface area contributed by atoms with Gasteiger partial charge in [-0.05, 0) is 48.8 Å². The van der Waals surface area contributed by atoms with Gasteiger partial charge in [-0.1, -0.05) is 53.5 Å². The number of nitrogens with zero attached hydrogens (tertiary/aromatic N) is 1. The minimum absolute atomic E-state index is 0.0205. The van der Waals surface area contributed by atoms with Gasteiger partial charge in [0.05, 0.1) is 12.5 Å². The first kappa shape index (κ1) is 22.4. The van der Waals surface area contributed by atoms with E-state index in [0.29, 0.717) is 0 Å². The molecule has 0 fully saturated rings. The highest BCUT2D eigenvalue weighted by molar-refractivity contribution is 5.86. The van der Waals surface area contributed by atoms with Crippen LogP contribution in [-0.2, 0) is 16.6 Å². The zero-order valence-corrected chi connectivity index (χ0v) is 18.9. The maximum absolute atomic E-state index is 13.0. The summed E-state index contributed by atoms with van der Waals surface area (Å²) in [4.78, 5) is 17.6. The van der Waals surface area contributed by atoms with Crippen LogP contribution < -0.4 is 10.1 Å². The van der Waals surface area contributed by atoms with Crippen molar-refractivity contribution < 1.29 is 9.53 Å². The fourth-order valence-corrected chi connectivity index (χ4v) is 3.96. The molecular formula is C24H38N2O2. The van der Waals surface area contributed by atoms with Crippen molar-refractivity contribution in [3.8, 4) is 5.75 Å². The number of hydrogen-bond donors (Lipinski definition) is 1. The smallest absolute Gasteiger partial charge is 0.314 e. The molecule has 0 atom stereocenters. The Morgan fingerprint density at radius 1 is 1.21 bits per heavy atom. The van der Waals surface area contributed by atoms with Gasteiger partial charge < -0.3 is 10.1 Å². The molecule has 0 amide bonds. The molecule has 4 nitrogen and oxygen atoms in total. The van der Waals surface area contributed by atoms with Crippen molar-refractivity contribution in [3.63, 3.8) is 0 Å². The Morgan fingerprint density at radius 3 is 2.36 bits per heavy atom. The summed E-state index contributed by atoms with van der Waals surface area (Å²) in [5, 5.41) is 3.36. The van der Waals surface area contributed by atoms with Gasteiger partial charge in [0.25, 0.3) is 0 Å². The number of nitrogens with one attached hydrogen (secondary N) is 1. The van der Waals surface area contributed by atoms with E-state index >= 15 is 0 Å². The Balaban J connectivity index is 2.45. The molecule has 0 aliphatic carbocycles. The first-order valence-corrected chi connectivity index (χ1v) is 10.8. The fourth-order valence-electron chi connectivity index (χ4n) is 3.96. The minimum Gasteiger partial charge on any atom is -0.426 e. The number of ether oxygens (including phenoxy) is 1. The molecule has 1 N–H and O–H groups in total. The van der Waals surface area contributed by atoms with Crippen LogP contribution >= 0.6 is 0 Å². The molecule has 0 bridgehead atoms. The Morgan fingerprint density at radius 2 is 1.86 bits per heavy atom. The Labute approximate surface area is 171 Å². The van der Waals surface area contributed by atoms with Crippen molar-refractivity contribution in [1.82, 2.24) is 5.32 Å². The zero-order valence-electron chi connectivity index (χ0n) is 18.9. The summed E-state index contributed by atoms with van der Waals surface area (Å²) >= 11 is 0. The van der Waals surface area contributed by atoms with Gasteiger partial charge in [-0.3, -0.25) is 9.79 Å². The van der Waals surface area contributed by atoms with Gasteiger partial charge in [0.15, 0.2) is 0 Å². The minimum atomic E-state index is -0.0994. The molecule has 4 heteroatoms. The van der Waals surface area contributed by atoms with Crippen molar-refractivity contribution in [2.75, 3.05) is 13.1 Å². The van der Waals surface area contributed by atoms with Crippen LogP contribution in [0.2, 0.25) is 0 Å². The van der Waals surface area contributed by atoms with E-state index in [1.165, 1.54) is 11.1 Å². The third kappa shape index (κ3) is 5.36. The van der Waals surface area contributed by atoms with Crippen molar-refractivity contribution in [2.45, 2.75) is 86.0 Å². The molecule has 2 rings (SSSR count). The Hall–Kier alpha value is -1.84. The number of esters is 1. The van der Waals surface area contributed by atoms with Crippen LogP contribution in [0.4, 0.5) is 0 Å². The van der Waals surface area contributed by atoms with Crippen molar-refractivity contribution >= 4 is 11.8 Å². The highest BCUT2D eigenvalue weighted by Gasteiger charge is 2.28. The molecule has 0 saturated carbocycles. The lowest BCUT2D eigenvalue weighted by Gasteiger charge is -2.27. The van der Waals surface area contributed by atoms with Crippen LogP contribution in [0.25, 0.3) is 0 Å². The molecule has 0 radical (unpaired) electrons. The monoisotopic (exact) mass is 386 g/mol. The quantitative estimate of drug-likeness (QED) is 0.489. The largest absolute Gasteiger partial charge is 0.426 e. The molecule has 0 unspecified atom stereocenters. The lowest BCUT2D eigenvalue weighted by atomic mass is 9.82. The van der Waals surface area contributed by atoms with E-state index < -0.39 is 0 Å². The number of hydrogen-bond acceptors (Lipinski definition) is 4. The molecule has 1 heterocycles. The molecular weight excluding hydrogens is 348 g/mol. The molecule has 0 aromatic heterocycles. The third-order valence-corrected chi connectivity index (χ3v) is 5.58. The van der Waals surface area contributed by atoms with E-state index in [1.54, 1.807) is 0 Å². The van der Waals surface area contributed by atoms with E-state index in [4.69, 9.17) is 4.74 Å². The maximum atomic E-state index is 13.0. The molecule has 1 aliphatic heterocycles. The number of rotatable bonds is 8. The van der Waals surface area contributed by atoms with Gasteiger partial charge in [-0.15, -0.1) is 0 Å². The van der Waals surface area contributed by atoms with Crippen molar-refractivity contribution in [3.05, 3.63) is 28.3 Å². The first-order chi connectivity index (χ1) is 13.2. The standard InChI is InChI=1S/C24H38N2O2/c1-8-10-18(11-9-2)23(27)28-22-17(4)19(15-21-25-12-13-26-21)16(3)14-20(22)24(5,6)7/h14,18H,8-13,15H2,1-7H3,(H,25,26). The normalized spacial score (nSPS) is 14.2. The highest BCUT2D eigenvalue weighted by atomic mass is 16.5. The van der Waals surface area contributed by atoms with Gasteiger partial charge in [0.1, 0.15) is 11.6 Å². The molecule has 0 spiro atoms. The van der Waals surface area contributed by atoms with Crippen molar-refractivity contribution in [1.29, 1.82) is 0 Å². The van der Waals surface area contributed by atoms with Crippen LogP contribution in [-0.4, -0.2) is 24.9 Å². The van der Waals surface area contributed by atoms with Crippen LogP contribution in [0, 0.1) is 19.8 Å². The first-order valence-electron chi connectivity index (χ1n) is 10.8. The van der Waals surface area contributed by atoms with Gasteiger partial charge in [-0.2, -0.15) is 0 Å². The van der Waals surface area contributed by atoms with E-state index in [9.17, 15) is 4.79 Å². The number of amidine groups is 1. The number of carbonyl (C=O) groups excluding carboxylic acids is 1. The third-order valence-electron chi connectivity index (χ3n) is 5.58. The summed E-state index contributed by atoms with van der Waals surface area (Å²) in [5.41, 5.74) is 4.52. The van der Waals surface area contributed by atoms with E-state index in [1.807, 2.05) is 0 Å². The Kier molecular flexibility index (Phi) is 7.68. The highest BCUT2D eigenvalue weighted by Crippen LogP contribution is 2.38. The molecule has 28 heavy (non-hydrogen) atoms. The number of aliphatic imine (C=N–C) groups is 1. The van der Waals surface area contributed by atoms with Crippen molar-refractivity contribution in [2.24, 2.45) is 10.9 Å². The molecule has 156 valence electrons. The molecule has 1 aliphatic rings. The predicted octanol–water partition coefficient (Wildman–Crippen LogP) is 5.27. The average Bonchev–Trinajstić information content (AvgIpc) is 3.12. The lowest BCUT2D eigenvalue weighted by Crippen LogP contribution is -2.25. The molecule has 1 aromatic rings. The zero-order chi connectivity index (χ0) is 20.9. The summed E-state index contributed by atoms with van der Waals surface area (Å²) in [6.45, 7) is 16.8. The summed E-state index contributed by atoms with van der Waals surface area (Å²) in [6, 6.07) is 2.20. The topological polar surface area (TPSA) is 50.7 Å². The fraction of sp³-hybridized carbons (Fsp3) is 0.667. The second-order valence-corrected chi connectivity index (χ2v) is 9.05.